The Hall–Kier alpha value is -3.24. The predicted molar refractivity (Wildman–Crippen MR) is 147 cm³/mol. The predicted octanol–water partition coefficient (Wildman–Crippen LogP) is 7.91. The minimum absolute atomic E-state index is 0.1000. The van der Waals surface area contributed by atoms with Crippen LogP contribution in [-0.4, -0.2) is 16.6 Å². The number of hydrogen-bond acceptors (Lipinski definition) is 3. The Bertz CT molecular complexity index is 1240. The Morgan fingerprint density at radius 2 is 1.64 bits per heavy atom. The molecule has 0 N–H and O–H groups in total. The third kappa shape index (κ3) is 7.14. The standard InChI is InChI=1S/C31H33ClN2O2/c1-3-24-13-18-29(20-30(24)32)36-28-16-10-22(11-17-28)7-5-6-8-27-15-12-25(31(35)34-27)19-23-9-14-26(4-2)33-21-23/h9-14,16-18,20-21H,3-8,15,19H2,1-2H3. The fourth-order valence-electron chi connectivity index (χ4n) is 4.28. The van der Waals surface area contributed by atoms with E-state index in [-0.39, 0.29) is 5.91 Å². The van der Waals surface area contributed by atoms with Crippen molar-refractivity contribution in [2.75, 3.05) is 0 Å². The first-order valence-corrected chi connectivity index (χ1v) is 13.2. The average Bonchev–Trinajstić information content (AvgIpc) is 2.89. The van der Waals surface area contributed by atoms with E-state index in [9.17, 15) is 4.79 Å². The molecule has 0 spiro atoms. The molecule has 1 aliphatic heterocycles. The summed E-state index contributed by atoms with van der Waals surface area (Å²) in [5, 5.41) is 0.738. The summed E-state index contributed by atoms with van der Waals surface area (Å²) in [4.78, 5) is 21.3. The van der Waals surface area contributed by atoms with E-state index in [1.165, 1.54) is 5.56 Å². The van der Waals surface area contributed by atoms with E-state index in [4.69, 9.17) is 16.3 Å². The summed E-state index contributed by atoms with van der Waals surface area (Å²) in [5.41, 5.74) is 6.27. The highest BCUT2D eigenvalue weighted by Crippen LogP contribution is 2.27. The lowest BCUT2D eigenvalue weighted by molar-refractivity contribution is -0.114. The number of ether oxygens (including phenoxy) is 1. The van der Waals surface area contributed by atoms with Crippen molar-refractivity contribution in [1.82, 2.24) is 4.98 Å². The number of rotatable bonds is 11. The molecule has 36 heavy (non-hydrogen) atoms. The van der Waals surface area contributed by atoms with Crippen LogP contribution in [0.25, 0.3) is 0 Å². The summed E-state index contributed by atoms with van der Waals surface area (Å²) >= 11 is 6.29. The SMILES string of the molecule is CCc1ccc(CC2=CCC(CCCCc3ccc(Oc4ccc(CC)c(Cl)c4)cc3)=NC2=O)cn1. The zero-order chi connectivity index (χ0) is 25.3. The zero-order valence-corrected chi connectivity index (χ0v) is 21.9. The number of pyridine rings is 1. The van der Waals surface area contributed by atoms with E-state index in [2.05, 4.69) is 42.0 Å². The molecule has 0 saturated carbocycles. The molecular formula is C31H33ClN2O2. The molecule has 1 aromatic heterocycles. The normalized spacial score (nSPS) is 13.4. The largest absolute Gasteiger partial charge is 0.457 e. The summed E-state index contributed by atoms with van der Waals surface area (Å²) in [6.45, 7) is 4.17. The Morgan fingerprint density at radius 3 is 2.31 bits per heavy atom. The van der Waals surface area contributed by atoms with Gasteiger partial charge in [0.25, 0.3) is 5.91 Å². The van der Waals surface area contributed by atoms with Crippen LogP contribution in [0.3, 0.4) is 0 Å². The minimum atomic E-state index is -0.1000. The lowest BCUT2D eigenvalue weighted by Gasteiger charge is -2.12. The Morgan fingerprint density at radius 1 is 0.889 bits per heavy atom. The molecule has 1 amide bonds. The third-order valence-corrected chi connectivity index (χ3v) is 6.86. The van der Waals surface area contributed by atoms with Crippen molar-refractivity contribution in [3.05, 3.63) is 99.9 Å². The molecule has 186 valence electrons. The molecule has 0 aliphatic carbocycles. The van der Waals surface area contributed by atoms with Gasteiger partial charge in [0.05, 0.1) is 0 Å². The van der Waals surface area contributed by atoms with Gasteiger partial charge in [-0.3, -0.25) is 9.78 Å². The van der Waals surface area contributed by atoms with Crippen molar-refractivity contribution < 1.29 is 9.53 Å². The number of amides is 1. The van der Waals surface area contributed by atoms with Crippen molar-refractivity contribution in [3.8, 4) is 11.5 Å². The number of carbonyl (C=O) groups excluding carboxylic acids is 1. The zero-order valence-electron chi connectivity index (χ0n) is 21.1. The summed E-state index contributed by atoms with van der Waals surface area (Å²) < 4.78 is 5.94. The van der Waals surface area contributed by atoms with Crippen LogP contribution in [-0.2, 0) is 30.5 Å². The smallest absolute Gasteiger partial charge is 0.272 e. The molecule has 5 heteroatoms. The van der Waals surface area contributed by atoms with Gasteiger partial charge in [-0.2, -0.15) is 0 Å². The first-order chi connectivity index (χ1) is 17.5. The third-order valence-electron chi connectivity index (χ3n) is 6.51. The second kappa shape index (κ2) is 12.6. The number of aliphatic imine (C=N–C) groups is 1. The molecule has 0 unspecified atom stereocenters. The number of hydrogen-bond donors (Lipinski definition) is 0. The monoisotopic (exact) mass is 500 g/mol. The molecule has 2 aromatic carbocycles. The number of aryl methyl sites for hydroxylation is 3. The van der Waals surface area contributed by atoms with E-state index < -0.39 is 0 Å². The van der Waals surface area contributed by atoms with Crippen molar-refractivity contribution in [3.63, 3.8) is 0 Å². The van der Waals surface area contributed by atoms with E-state index >= 15 is 0 Å². The van der Waals surface area contributed by atoms with Crippen LogP contribution in [0, 0.1) is 0 Å². The van der Waals surface area contributed by atoms with Gasteiger partial charge in [-0.05, 0) is 85.5 Å². The van der Waals surface area contributed by atoms with Crippen molar-refractivity contribution in [1.29, 1.82) is 0 Å². The summed E-state index contributed by atoms with van der Waals surface area (Å²) in [7, 11) is 0. The number of nitrogens with zero attached hydrogens (tertiary/aromatic N) is 2. The summed E-state index contributed by atoms with van der Waals surface area (Å²) in [6, 6.07) is 18.1. The van der Waals surface area contributed by atoms with Gasteiger partial charge < -0.3 is 4.74 Å². The highest BCUT2D eigenvalue weighted by molar-refractivity contribution is 6.31. The van der Waals surface area contributed by atoms with Crippen LogP contribution < -0.4 is 4.74 Å². The molecule has 0 atom stereocenters. The first-order valence-electron chi connectivity index (χ1n) is 12.8. The lowest BCUT2D eigenvalue weighted by Crippen LogP contribution is -2.13. The highest BCUT2D eigenvalue weighted by Gasteiger charge is 2.16. The van der Waals surface area contributed by atoms with Gasteiger partial charge in [-0.15, -0.1) is 0 Å². The van der Waals surface area contributed by atoms with Crippen LogP contribution in [0.15, 0.2) is 77.4 Å². The van der Waals surface area contributed by atoms with Crippen molar-refractivity contribution in [2.45, 2.75) is 65.2 Å². The number of unbranched alkanes of at least 4 members (excludes halogenated alkanes) is 1. The molecule has 0 bridgehead atoms. The van der Waals surface area contributed by atoms with Gasteiger partial charge in [-0.1, -0.05) is 55.8 Å². The molecule has 2 heterocycles. The maximum atomic E-state index is 12.5. The highest BCUT2D eigenvalue weighted by atomic mass is 35.5. The number of carbonyl (C=O) groups is 1. The molecule has 3 aromatic rings. The van der Waals surface area contributed by atoms with E-state index in [0.717, 1.165) is 89.6 Å². The molecular weight excluding hydrogens is 468 g/mol. The van der Waals surface area contributed by atoms with Crippen LogP contribution >= 0.6 is 11.6 Å². The Labute approximate surface area is 219 Å². The van der Waals surface area contributed by atoms with Crippen LogP contribution in [0.5, 0.6) is 11.5 Å². The maximum absolute atomic E-state index is 12.5. The quantitative estimate of drug-likeness (QED) is 0.251. The van der Waals surface area contributed by atoms with Crippen LogP contribution in [0.4, 0.5) is 0 Å². The fourth-order valence-corrected chi connectivity index (χ4v) is 4.58. The number of allylic oxidation sites excluding steroid dienone is 1. The Kier molecular flexibility index (Phi) is 9.07. The van der Waals surface area contributed by atoms with E-state index in [0.29, 0.717) is 6.42 Å². The van der Waals surface area contributed by atoms with Crippen molar-refractivity contribution >= 4 is 23.2 Å². The van der Waals surface area contributed by atoms with Crippen LogP contribution in [0.1, 0.15) is 61.9 Å². The van der Waals surface area contributed by atoms with E-state index in [1.54, 1.807) is 0 Å². The maximum Gasteiger partial charge on any atom is 0.272 e. The number of aromatic nitrogens is 1. The molecule has 1 aliphatic rings. The van der Waals surface area contributed by atoms with Gasteiger partial charge >= 0.3 is 0 Å². The lowest BCUT2D eigenvalue weighted by atomic mass is 9.98. The number of dihydropyridines is 1. The summed E-state index contributed by atoms with van der Waals surface area (Å²) in [5.74, 6) is 1.45. The summed E-state index contributed by atoms with van der Waals surface area (Å²) in [6.07, 6.45) is 11.0. The minimum Gasteiger partial charge on any atom is -0.457 e. The molecule has 0 saturated heterocycles. The van der Waals surface area contributed by atoms with Crippen LogP contribution in [0.2, 0.25) is 5.02 Å². The van der Waals surface area contributed by atoms with Gasteiger partial charge in [0.15, 0.2) is 0 Å². The first kappa shape index (κ1) is 25.8. The topological polar surface area (TPSA) is 51.5 Å². The molecule has 0 radical (unpaired) electrons. The van der Waals surface area contributed by atoms with Gasteiger partial charge in [0.1, 0.15) is 11.5 Å². The van der Waals surface area contributed by atoms with Gasteiger partial charge in [0, 0.05) is 41.0 Å². The Balaban J connectivity index is 1.19. The second-order valence-electron chi connectivity index (χ2n) is 9.16. The van der Waals surface area contributed by atoms with Gasteiger partial charge in [0.2, 0.25) is 0 Å². The average molecular weight is 501 g/mol. The van der Waals surface area contributed by atoms with Crippen molar-refractivity contribution in [2.24, 2.45) is 4.99 Å². The molecule has 4 rings (SSSR count). The molecule has 4 nitrogen and oxygen atoms in total. The second-order valence-corrected chi connectivity index (χ2v) is 9.57. The molecule has 0 fully saturated rings. The number of benzene rings is 2. The number of halogens is 1. The van der Waals surface area contributed by atoms with E-state index in [1.807, 2.05) is 48.7 Å². The van der Waals surface area contributed by atoms with Gasteiger partial charge in [-0.25, -0.2) is 4.99 Å². The fraction of sp³-hybridized carbons (Fsp3) is 0.323.